The number of nitrogens with one attached hydrogen (secondary N) is 2. The normalized spacial score (nSPS) is 18.8. The molecule has 1 rings (SSSR count). The van der Waals surface area contributed by atoms with Gasteiger partial charge in [-0.3, -0.25) is 4.99 Å². The monoisotopic (exact) mass is 299 g/mol. The van der Waals surface area contributed by atoms with Crippen molar-refractivity contribution < 1.29 is 9.84 Å². The van der Waals surface area contributed by atoms with Gasteiger partial charge in [-0.05, 0) is 19.3 Å². The summed E-state index contributed by atoms with van der Waals surface area (Å²) in [6.45, 7) is 10.0. The zero-order chi connectivity index (χ0) is 15.6. The molecule has 0 aromatic carbocycles. The van der Waals surface area contributed by atoms with Crippen molar-refractivity contribution in [1.82, 2.24) is 10.6 Å². The second-order valence-corrected chi connectivity index (χ2v) is 6.35. The van der Waals surface area contributed by atoms with E-state index in [0.717, 1.165) is 31.4 Å². The van der Waals surface area contributed by atoms with E-state index in [1.807, 2.05) is 0 Å². The van der Waals surface area contributed by atoms with Crippen LogP contribution in [0, 0.1) is 5.92 Å². The summed E-state index contributed by atoms with van der Waals surface area (Å²) in [5.74, 6) is 1.58. The molecule has 0 saturated carbocycles. The van der Waals surface area contributed by atoms with Crippen molar-refractivity contribution in [2.45, 2.75) is 58.5 Å². The first-order valence-corrected chi connectivity index (χ1v) is 8.38. The minimum Gasteiger partial charge on any atom is -0.388 e. The summed E-state index contributed by atoms with van der Waals surface area (Å²) in [5.41, 5.74) is -0.696. The molecule has 0 radical (unpaired) electrons. The first-order chi connectivity index (χ1) is 10.1. The van der Waals surface area contributed by atoms with Crippen LogP contribution in [0.3, 0.4) is 0 Å². The van der Waals surface area contributed by atoms with Gasteiger partial charge in [0.05, 0.1) is 12.1 Å². The lowest BCUT2D eigenvalue weighted by atomic mass is 9.95. The van der Waals surface area contributed by atoms with Crippen molar-refractivity contribution in [1.29, 1.82) is 0 Å². The zero-order valence-corrected chi connectivity index (χ0v) is 14.0. The van der Waals surface area contributed by atoms with Gasteiger partial charge in [0.2, 0.25) is 0 Å². The maximum absolute atomic E-state index is 10.4. The Morgan fingerprint density at radius 2 is 1.95 bits per heavy atom. The molecule has 5 heteroatoms. The summed E-state index contributed by atoms with van der Waals surface area (Å²) in [4.78, 5) is 4.53. The molecule has 0 bridgehead atoms. The fraction of sp³-hybridized carbons (Fsp3) is 0.938. The number of hydrogen-bond acceptors (Lipinski definition) is 3. The maximum Gasteiger partial charge on any atom is 0.191 e. The molecule has 0 unspecified atom stereocenters. The first kappa shape index (κ1) is 18.2. The minimum absolute atomic E-state index is 0.442. The van der Waals surface area contributed by atoms with E-state index in [2.05, 4.69) is 36.4 Å². The molecule has 0 aromatic rings. The molecule has 0 aromatic heterocycles. The van der Waals surface area contributed by atoms with Crippen LogP contribution >= 0.6 is 0 Å². The van der Waals surface area contributed by atoms with Crippen LogP contribution in [-0.4, -0.2) is 49.5 Å². The van der Waals surface area contributed by atoms with Crippen molar-refractivity contribution in [3.8, 4) is 0 Å². The van der Waals surface area contributed by atoms with Gasteiger partial charge in [0.1, 0.15) is 0 Å². The van der Waals surface area contributed by atoms with Crippen LogP contribution in [0.15, 0.2) is 4.99 Å². The van der Waals surface area contributed by atoms with Crippen LogP contribution in [0.2, 0.25) is 0 Å². The first-order valence-electron chi connectivity index (χ1n) is 8.38. The molecule has 124 valence electrons. The second kappa shape index (κ2) is 10.0. The van der Waals surface area contributed by atoms with E-state index >= 15 is 0 Å². The highest BCUT2D eigenvalue weighted by molar-refractivity contribution is 5.79. The lowest BCUT2D eigenvalue weighted by Gasteiger charge is -2.30. The number of ether oxygens (including phenoxy) is 1. The van der Waals surface area contributed by atoms with Crippen molar-refractivity contribution in [2.24, 2.45) is 10.9 Å². The molecule has 1 aliphatic rings. The molecule has 1 saturated heterocycles. The number of hydrogen-bond donors (Lipinski definition) is 3. The topological polar surface area (TPSA) is 65.9 Å². The number of unbranched alkanes of at least 4 members (excludes halogenated alkanes) is 1. The molecule has 21 heavy (non-hydrogen) atoms. The Hall–Kier alpha value is -0.810. The summed E-state index contributed by atoms with van der Waals surface area (Å²) in [6.07, 6.45) is 5.01. The van der Waals surface area contributed by atoms with Crippen molar-refractivity contribution in [3.05, 3.63) is 0 Å². The van der Waals surface area contributed by atoms with Crippen LogP contribution in [0.25, 0.3) is 0 Å². The quantitative estimate of drug-likeness (QED) is 0.364. The minimum atomic E-state index is -0.696. The van der Waals surface area contributed by atoms with E-state index in [1.165, 1.54) is 12.8 Å². The molecule has 5 nitrogen and oxygen atoms in total. The predicted octanol–water partition coefficient (Wildman–Crippen LogP) is 1.91. The van der Waals surface area contributed by atoms with Gasteiger partial charge >= 0.3 is 0 Å². The zero-order valence-electron chi connectivity index (χ0n) is 14.0. The SMILES string of the molecule is CCNC(=NCC1(O)CCOCC1)NCCCCC(C)C. The molecular weight excluding hydrogens is 266 g/mol. The van der Waals surface area contributed by atoms with E-state index in [9.17, 15) is 5.11 Å². The number of nitrogens with zero attached hydrogens (tertiary/aromatic N) is 1. The molecule has 3 N–H and O–H groups in total. The maximum atomic E-state index is 10.4. The molecular formula is C16H33N3O2. The third-order valence-electron chi connectivity index (χ3n) is 3.80. The lowest BCUT2D eigenvalue weighted by molar-refractivity contribution is -0.0565. The number of aliphatic imine (C=N–C) groups is 1. The molecule has 0 aliphatic carbocycles. The summed E-state index contributed by atoms with van der Waals surface area (Å²) >= 11 is 0. The highest BCUT2D eigenvalue weighted by Crippen LogP contribution is 2.20. The van der Waals surface area contributed by atoms with Gasteiger partial charge in [0.25, 0.3) is 0 Å². The predicted molar refractivity (Wildman–Crippen MR) is 87.7 cm³/mol. The number of aliphatic hydroxyl groups is 1. The van der Waals surface area contributed by atoms with Gasteiger partial charge in [-0.1, -0.05) is 26.7 Å². The lowest BCUT2D eigenvalue weighted by Crippen LogP contribution is -2.42. The Kier molecular flexibility index (Phi) is 8.69. The van der Waals surface area contributed by atoms with Crippen molar-refractivity contribution in [2.75, 3.05) is 32.8 Å². The van der Waals surface area contributed by atoms with Gasteiger partial charge in [-0.15, -0.1) is 0 Å². The van der Waals surface area contributed by atoms with E-state index in [-0.39, 0.29) is 0 Å². The Morgan fingerprint density at radius 3 is 2.57 bits per heavy atom. The van der Waals surface area contributed by atoms with Gasteiger partial charge in [-0.25, -0.2) is 0 Å². The average Bonchev–Trinajstić information content (AvgIpc) is 2.45. The van der Waals surface area contributed by atoms with Crippen LogP contribution < -0.4 is 10.6 Å². The Morgan fingerprint density at radius 1 is 1.24 bits per heavy atom. The Balaban J connectivity index is 2.31. The summed E-state index contributed by atoms with van der Waals surface area (Å²) < 4.78 is 5.29. The third kappa shape index (κ3) is 8.27. The molecule has 0 atom stereocenters. The molecule has 0 spiro atoms. The van der Waals surface area contributed by atoms with Crippen LogP contribution in [0.1, 0.15) is 52.9 Å². The number of rotatable bonds is 8. The average molecular weight is 299 g/mol. The largest absolute Gasteiger partial charge is 0.388 e. The fourth-order valence-corrected chi connectivity index (χ4v) is 2.36. The Labute approximate surface area is 129 Å². The summed E-state index contributed by atoms with van der Waals surface area (Å²) in [6, 6.07) is 0. The van der Waals surface area contributed by atoms with E-state index in [0.29, 0.717) is 32.6 Å². The highest BCUT2D eigenvalue weighted by atomic mass is 16.5. The standard InChI is InChI=1S/C16H33N3O2/c1-4-17-15(18-10-6-5-7-14(2)3)19-13-16(20)8-11-21-12-9-16/h14,20H,4-13H2,1-3H3,(H2,17,18,19). The summed E-state index contributed by atoms with van der Waals surface area (Å²) in [7, 11) is 0. The van der Waals surface area contributed by atoms with Gasteiger partial charge < -0.3 is 20.5 Å². The molecule has 1 heterocycles. The highest BCUT2D eigenvalue weighted by Gasteiger charge is 2.29. The third-order valence-corrected chi connectivity index (χ3v) is 3.80. The smallest absolute Gasteiger partial charge is 0.191 e. The fourth-order valence-electron chi connectivity index (χ4n) is 2.36. The van der Waals surface area contributed by atoms with Gasteiger partial charge in [-0.2, -0.15) is 0 Å². The van der Waals surface area contributed by atoms with Crippen molar-refractivity contribution >= 4 is 5.96 Å². The van der Waals surface area contributed by atoms with E-state index in [1.54, 1.807) is 0 Å². The van der Waals surface area contributed by atoms with E-state index < -0.39 is 5.60 Å². The molecule has 1 aliphatic heterocycles. The van der Waals surface area contributed by atoms with E-state index in [4.69, 9.17) is 4.74 Å². The Bertz CT molecular complexity index is 300. The summed E-state index contributed by atoms with van der Waals surface area (Å²) in [5, 5.41) is 17.0. The van der Waals surface area contributed by atoms with Crippen LogP contribution in [0.5, 0.6) is 0 Å². The van der Waals surface area contributed by atoms with Gasteiger partial charge in [0, 0.05) is 39.1 Å². The van der Waals surface area contributed by atoms with Crippen molar-refractivity contribution in [3.63, 3.8) is 0 Å². The molecule has 0 amide bonds. The van der Waals surface area contributed by atoms with Crippen LogP contribution in [0.4, 0.5) is 0 Å². The van der Waals surface area contributed by atoms with Gasteiger partial charge in [0.15, 0.2) is 5.96 Å². The number of guanidine groups is 1. The second-order valence-electron chi connectivity index (χ2n) is 6.35. The molecule has 1 fully saturated rings. The van der Waals surface area contributed by atoms with Crippen LogP contribution in [-0.2, 0) is 4.74 Å².